The quantitative estimate of drug-likeness (QED) is 0.860. The van der Waals surface area contributed by atoms with Crippen LogP contribution in [0.3, 0.4) is 0 Å². The maximum atomic E-state index is 11.0. The smallest absolute Gasteiger partial charge is 0.172 e. The molecule has 0 radical (unpaired) electrons. The summed E-state index contributed by atoms with van der Waals surface area (Å²) in [6, 6.07) is 7.92. The van der Waals surface area contributed by atoms with E-state index >= 15 is 0 Å². The van der Waals surface area contributed by atoms with E-state index < -0.39 is 0 Å². The first-order valence-corrected chi connectivity index (χ1v) is 8.47. The van der Waals surface area contributed by atoms with Crippen molar-refractivity contribution in [2.75, 3.05) is 18.0 Å². The fourth-order valence-corrected chi connectivity index (χ4v) is 3.33. The lowest BCUT2D eigenvalue weighted by Crippen LogP contribution is -2.34. The third kappa shape index (κ3) is 3.67. The molecule has 1 fully saturated rings. The number of halogens is 1. The molecule has 5 nitrogen and oxygen atoms in total. The van der Waals surface area contributed by atoms with Gasteiger partial charge >= 0.3 is 0 Å². The molecule has 3 rings (SSSR count). The number of rotatable bonds is 4. The van der Waals surface area contributed by atoms with E-state index in [4.69, 9.17) is 11.6 Å². The van der Waals surface area contributed by atoms with Crippen LogP contribution in [0.15, 0.2) is 24.3 Å². The Morgan fingerprint density at radius 1 is 1.33 bits per heavy atom. The van der Waals surface area contributed by atoms with Crippen molar-refractivity contribution in [3.8, 4) is 5.75 Å². The first kappa shape index (κ1) is 16.7. The molecule has 24 heavy (non-hydrogen) atoms. The van der Waals surface area contributed by atoms with Gasteiger partial charge in [-0.25, -0.2) is 9.97 Å². The average Bonchev–Trinajstić information content (AvgIpc) is 2.58. The molecule has 0 atom stereocenters. The van der Waals surface area contributed by atoms with Gasteiger partial charge in [0.2, 0.25) is 0 Å². The summed E-state index contributed by atoms with van der Waals surface area (Å²) < 4.78 is 0. The Hall–Kier alpha value is -2.14. The van der Waals surface area contributed by atoms with Gasteiger partial charge in [-0.1, -0.05) is 17.7 Å². The lowest BCUT2D eigenvalue weighted by Gasteiger charge is -2.33. The highest BCUT2D eigenvalue weighted by Crippen LogP contribution is 2.27. The summed E-state index contributed by atoms with van der Waals surface area (Å²) >= 11 is 6.06. The van der Waals surface area contributed by atoms with E-state index in [1.54, 1.807) is 6.92 Å². The number of carbonyl (C=O) groups is 1. The fourth-order valence-electron chi connectivity index (χ4n) is 3.15. The number of piperidine rings is 1. The number of aromatic nitrogens is 2. The molecule has 1 aromatic heterocycles. The second-order valence-corrected chi connectivity index (χ2v) is 6.63. The van der Waals surface area contributed by atoms with Crippen molar-refractivity contribution >= 4 is 23.6 Å². The zero-order chi connectivity index (χ0) is 17.1. The van der Waals surface area contributed by atoms with Gasteiger partial charge in [-0.15, -0.1) is 0 Å². The summed E-state index contributed by atoms with van der Waals surface area (Å²) in [7, 11) is 0. The molecule has 1 aliphatic heterocycles. The third-order valence-corrected chi connectivity index (χ3v) is 4.74. The van der Waals surface area contributed by atoms with Gasteiger partial charge in [0.05, 0.1) is 5.69 Å². The number of aromatic hydroxyl groups is 1. The lowest BCUT2D eigenvalue weighted by molar-refractivity contribution is 0.111. The minimum Gasteiger partial charge on any atom is -0.504 e. The molecule has 1 N–H and O–H groups in total. The molecule has 0 aliphatic carbocycles. The Balaban J connectivity index is 1.63. The Labute approximate surface area is 146 Å². The van der Waals surface area contributed by atoms with Gasteiger partial charge in [-0.3, -0.25) is 4.79 Å². The molecule has 0 saturated carbocycles. The molecule has 0 bridgehead atoms. The molecule has 1 saturated heterocycles. The van der Waals surface area contributed by atoms with Crippen molar-refractivity contribution < 1.29 is 9.90 Å². The average molecular weight is 346 g/mol. The standard InChI is InChI=1S/C18H20ClN3O2/c1-12-18(24)16(11-23)21-17(20-12)9-13-5-7-22(8-6-13)15-4-2-3-14(19)10-15/h2-4,10-11,13,24H,5-9H2,1H3. The van der Waals surface area contributed by atoms with Gasteiger partial charge in [0, 0.05) is 30.2 Å². The van der Waals surface area contributed by atoms with Crippen molar-refractivity contribution in [3.05, 3.63) is 46.5 Å². The van der Waals surface area contributed by atoms with E-state index in [9.17, 15) is 9.90 Å². The summed E-state index contributed by atoms with van der Waals surface area (Å²) in [5.41, 5.74) is 1.69. The molecule has 0 spiro atoms. The topological polar surface area (TPSA) is 66.3 Å². The molecule has 0 unspecified atom stereocenters. The van der Waals surface area contributed by atoms with E-state index in [1.165, 1.54) is 0 Å². The Kier molecular flexibility index (Phi) is 5.00. The highest BCUT2D eigenvalue weighted by atomic mass is 35.5. The maximum absolute atomic E-state index is 11.0. The van der Waals surface area contributed by atoms with E-state index in [0.29, 0.717) is 23.7 Å². The van der Waals surface area contributed by atoms with Crippen LogP contribution in [0.25, 0.3) is 0 Å². The minimum absolute atomic E-state index is 0.0777. The van der Waals surface area contributed by atoms with Crippen LogP contribution in [-0.4, -0.2) is 34.5 Å². The van der Waals surface area contributed by atoms with E-state index in [2.05, 4.69) is 20.9 Å². The van der Waals surface area contributed by atoms with Gasteiger partial charge in [0.15, 0.2) is 12.0 Å². The zero-order valence-electron chi connectivity index (χ0n) is 13.6. The second-order valence-electron chi connectivity index (χ2n) is 6.19. The lowest BCUT2D eigenvalue weighted by atomic mass is 9.93. The molecule has 1 aromatic carbocycles. The summed E-state index contributed by atoms with van der Waals surface area (Å²) in [5, 5.41) is 10.5. The Bertz CT molecular complexity index is 743. The first-order valence-electron chi connectivity index (χ1n) is 8.09. The van der Waals surface area contributed by atoms with Gasteiger partial charge in [-0.2, -0.15) is 0 Å². The number of benzene rings is 1. The van der Waals surface area contributed by atoms with Gasteiger partial charge in [0.1, 0.15) is 11.5 Å². The van der Waals surface area contributed by atoms with Crippen LogP contribution in [0.5, 0.6) is 5.75 Å². The molecular weight excluding hydrogens is 326 g/mol. The fraction of sp³-hybridized carbons (Fsp3) is 0.389. The van der Waals surface area contributed by atoms with Crippen molar-refractivity contribution in [2.45, 2.75) is 26.2 Å². The number of carbonyl (C=O) groups excluding carboxylic acids is 1. The number of anilines is 1. The summed E-state index contributed by atoms with van der Waals surface area (Å²) in [6.45, 7) is 3.61. The predicted molar refractivity (Wildman–Crippen MR) is 93.9 cm³/mol. The third-order valence-electron chi connectivity index (χ3n) is 4.50. The summed E-state index contributed by atoms with van der Waals surface area (Å²) in [4.78, 5) is 21.8. The van der Waals surface area contributed by atoms with Crippen LogP contribution in [0.1, 0.15) is 34.8 Å². The molecule has 2 heterocycles. The number of nitrogens with zero attached hydrogens (tertiary/aromatic N) is 3. The molecule has 2 aromatic rings. The minimum atomic E-state index is -0.121. The molecule has 126 valence electrons. The van der Waals surface area contributed by atoms with E-state index in [-0.39, 0.29) is 11.4 Å². The van der Waals surface area contributed by atoms with Crippen LogP contribution < -0.4 is 4.90 Å². The van der Waals surface area contributed by atoms with E-state index in [1.807, 2.05) is 18.2 Å². The number of aldehydes is 1. The van der Waals surface area contributed by atoms with Crippen molar-refractivity contribution in [1.29, 1.82) is 0 Å². The number of aryl methyl sites for hydroxylation is 1. The Morgan fingerprint density at radius 2 is 2.08 bits per heavy atom. The van der Waals surface area contributed by atoms with Crippen LogP contribution >= 0.6 is 11.6 Å². The highest BCUT2D eigenvalue weighted by Gasteiger charge is 2.21. The first-order chi connectivity index (χ1) is 11.6. The van der Waals surface area contributed by atoms with Crippen LogP contribution in [0.4, 0.5) is 5.69 Å². The van der Waals surface area contributed by atoms with Crippen molar-refractivity contribution in [1.82, 2.24) is 9.97 Å². The van der Waals surface area contributed by atoms with Crippen LogP contribution in [0, 0.1) is 12.8 Å². The van der Waals surface area contributed by atoms with Crippen molar-refractivity contribution in [3.63, 3.8) is 0 Å². The zero-order valence-corrected chi connectivity index (χ0v) is 14.3. The normalized spacial score (nSPS) is 15.5. The Morgan fingerprint density at radius 3 is 2.75 bits per heavy atom. The predicted octanol–water partition coefficient (Wildman–Crippen LogP) is 3.42. The largest absolute Gasteiger partial charge is 0.504 e. The van der Waals surface area contributed by atoms with E-state index in [0.717, 1.165) is 43.1 Å². The summed E-state index contributed by atoms with van der Waals surface area (Å²) in [5.74, 6) is 0.988. The number of hydrogen-bond acceptors (Lipinski definition) is 5. The highest BCUT2D eigenvalue weighted by molar-refractivity contribution is 6.30. The van der Waals surface area contributed by atoms with Crippen LogP contribution in [0.2, 0.25) is 5.02 Å². The molecule has 6 heteroatoms. The monoisotopic (exact) mass is 345 g/mol. The van der Waals surface area contributed by atoms with Gasteiger partial charge in [-0.05, 0) is 43.9 Å². The maximum Gasteiger partial charge on any atom is 0.172 e. The van der Waals surface area contributed by atoms with Gasteiger partial charge in [0.25, 0.3) is 0 Å². The van der Waals surface area contributed by atoms with Crippen LogP contribution in [-0.2, 0) is 6.42 Å². The molecule has 0 amide bonds. The SMILES string of the molecule is Cc1nc(CC2CCN(c3cccc(Cl)c3)CC2)nc(C=O)c1O. The van der Waals surface area contributed by atoms with Gasteiger partial charge < -0.3 is 10.0 Å². The molecule has 1 aliphatic rings. The molecular formula is C18H20ClN3O2. The number of hydrogen-bond donors (Lipinski definition) is 1. The van der Waals surface area contributed by atoms with Crippen molar-refractivity contribution in [2.24, 2.45) is 5.92 Å². The summed E-state index contributed by atoms with van der Waals surface area (Å²) in [6.07, 6.45) is 3.37. The second kappa shape index (κ2) is 7.18.